The third-order valence-corrected chi connectivity index (χ3v) is 2.36. The van der Waals surface area contributed by atoms with Crippen LogP contribution < -0.4 is 10.6 Å². The maximum Gasteiger partial charge on any atom is 0.233 e. The molecule has 0 fully saturated rings. The van der Waals surface area contributed by atoms with Crippen LogP contribution in [0.15, 0.2) is 0 Å². The van der Waals surface area contributed by atoms with Gasteiger partial charge in [0.25, 0.3) is 0 Å². The van der Waals surface area contributed by atoms with Gasteiger partial charge < -0.3 is 15.7 Å². The molecule has 1 atom stereocenters. The number of nitrogens with one attached hydrogen (secondary N) is 2. The van der Waals surface area contributed by atoms with Gasteiger partial charge in [-0.3, -0.25) is 4.79 Å². The van der Waals surface area contributed by atoms with E-state index in [0.29, 0.717) is 19.0 Å². The molecule has 1 unspecified atom stereocenters. The molecule has 0 saturated heterocycles. The van der Waals surface area contributed by atoms with Gasteiger partial charge in [0.1, 0.15) is 0 Å². The summed E-state index contributed by atoms with van der Waals surface area (Å²) in [6, 6.07) is 0. The molecule has 0 spiro atoms. The number of aliphatic hydroxyl groups excluding tert-OH is 1. The van der Waals surface area contributed by atoms with Gasteiger partial charge in [-0.1, -0.05) is 20.3 Å². The van der Waals surface area contributed by atoms with Gasteiger partial charge in [-0.2, -0.15) is 0 Å². The maximum absolute atomic E-state index is 11.3. The Labute approximate surface area is 92.4 Å². The van der Waals surface area contributed by atoms with E-state index in [-0.39, 0.29) is 12.5 Å². The molecule has 0 radical (unpaired) electrons. The van der Waals surface area contributed by atoms with Crippen LogP contribution in [0.1, 0.15) is 33.1 Å². The number of amides is 1. The molecular formula is C11H24N2O2. The first-order valence-electron chi connectivity index (χ1n) is 5.82. The Kier molecular flexibility index (Phi) is 9.52. The minimum absolute atomic E-state index is 0.0379. The van der Waals surface area contributed by atoms with E-state index in [9.17, 15) is 4.79 Å². The van der Waals surface area contributed by atoms with Crippen LogP contribution in [0.25, 0.3) is 0 Å². The first-order chi connectivity index (χ1) is 7.24. The maximum atomic E-state index is 11.3. The standard InChI is InChI=1S/C11H24N2O2/c1-3-5-10(6-7-14)8-13-11(15)9-12-4-2/h10,12,14H,3-9H2,1-2H3,(H,13,15). The number of aliphatic hydroxyl groups is 1. The Morgan fingerprint density at radius 1 is 1.33 bits per heavy atom. The summed E-state index contributed by atoms with van der Waals surface area (Å²) >= 11 is 0. The van der Waals surface area contributed by atoms with Crippen LogP contribution in [0.3, 0.4) is 0 Å². The first-order valence-corrected chi connectivity index (χ1v) is 5.82. The average molecular weight is 216 g/mol. The molecule has 0 rings (SSSR count). The van der Waals surface area contributed by atoms with E-state index in [1.165, 1.54) is 0 Å². The van der Waals surface area contributed by atoms with Crippen molar-refractivity contribution in [3.63, 3.8) is 0 Å². The van der Waals surface area contributed by atoms with Gasteiger partial charge in [-0.25, -0.2) is 0 Å². The van der Waals surface area contributed by atoms with Gasteiger partial charge >= 0.3 is 0 Å². The predicted molar refractivity (Wildman–Crippen MR) is 61.7 cm³/mol. The molecule has 3 N–H and O–H groups in total. The lowest BCUT2D eigenvalue weighted by Crippen LogP contribution is -2.36. The van der Waals surface area contributed by atoms with Crippen molar-refractivity contribution in [3.05, 3.63) is 0 Å². The Morgan fingerprint density at radius 2 is 2.07 bits per heavy atom. The van der Waals surface area contributed by atoms with Crippen LogP contribution in [0.4, 0.5) is 0 Å². The van der Waals surface area contributed by atoms with E-state index in [1.54, 1.807) is 0 Å². The first kappa shape index (κ1) is 14.4. The Hall–Kier alpha value is -0.610. The monoisotopic (exact) mass is 216 g/mol. The van der Waals surface area contributed by atoms with E-state index < -0.39 is 0 Å². The third-order valence-electron chi connectivity index (χ3n) is 2.36. The second kappa shape index (κ2) is 9.93. The lowest BCUT2D eigenvalue weighted by Gasteiger charge is -2.15. The van der Waals surface area contributed by atoms with Gasteiger partial charge in [-0.05, 0) is 25.3 Å². The van der Waals surface area contributed by atoms with Crippen molar-refractivity contribution >= 4 is 5.91 Å². The quantitative estimate of drug-likeness (QED) is 0.526. The van der Waals surface area contributed by atoms with Crippen molar-refractivity contribution in [3.8, 4) is 0 Å². The number of carbonyl (C=O) groups is 1. The van der Waals surface area contributed by atoms with Crippen molar-refractivity contribution in [1.29, 1.82) is 0 Å². The summed E-state index contributed by atoms with van der Waals surface area (Å²) in [6.45, 7) is 6.16. The highest BCUT2D eigenvalue weighted by Crippen LogP contribution is 2.08. The smallest absolute Gasteiger partial charge is 0.233 e. The second-order valence-electron chi connectivity index (χ2n) is 3.75. The van der Waals surface area contributed by atoms with Crippen LogP contribution in [0.2, 0.25) is 0 Å². The number of likely N-dealkylation sites (N-methyl/N-ethyl adjacent to an activating group) is 1. The highest BCUT2D eigenvalue weighted by molar-refractivity contribution is 5.77. The highest BCUT2D eigenvalue weighted by Gasteiger charge is 2.08. The molecule has 4 nitrogen and oxygen atoms in total. The molecule has 0 aliphatic rings. The molecule has 4 heteroatoms. The number of hydrogen-bond donors (Lipinski definition) is 3. The van der Waals surface area contributed by atoms with Gasteiger partial charge in [0.2, 0.25) is 5.91 Å². The molecule has 0 aliphatic heterocycles. The summed E-state index contributed by atoms with van der Waals surface area (Å²) in [7, 11) is 0. The molecule has 1 amide bonds. The zero-order valence-electron chi connectivity index (χ0n) is 9.88. The fraction of sp³-hybridized carbons (Fsp3) is 0.909. The highest BCUT2D eigenvalue weighted by atomic mass is 16.3. The van der Waals surface area contributed by atoms with Crippen LogP contribution in [-0.4, -0.2) is 37.3 Å². The number of hydrogen-bond acceptors (Lipinski definition) is 3. The van der Waals surface area contributed by atoms with Gasteiger partial charge in [0.05, 0.1) is 6.54 Å². The summed E-state index contributed by atoms with van der Waals surface area (Å²) in [5.41, 5.74) is 0. The van der Waals surface area contributed by atoms with Crippen molar-refractivity contribution in [2.45, 2.75) is 33.1 Å². The van der Waals surface area contributed by atoms with Gasteiger partial charge in [-0.15, -0.1) is 0 Å². The fourth-order valence-corrected chi connectivity index (χ4v) is 1.50. The molecule has 0 aromatic carbocycles. The van der Waals surface area contributed by atoms with E-state index >= 15 is 0 Å². The van der Waals surface area contributed by atoms with Crippen molar-refractivity contribution in [2.75, 3.05) is 26.2 Å². The van der Waals surface area contributed by atoms with Gasteiger partial charge in [0.15, 0.2) is 0 Å². The second-order valence-corrected chi connectivity index (χ2v) is 3.75. The van der Waals surface area contributed by atoms with Crippen LogP contribution >= 0.6 is 0 Å². The molecule has 0 heterocycles. The third kappa shape index (κ3) is 8.39. The minimum Gasteiger partial charge on any atom is -0.396 e. The summed E-state index contributed by atoms with van der Waals surface area (Å²) < 4.78 is 0. The largest absolute Gasteiger partial charge is 0.396 e. The SMILES string of the molecule is CCCC(CCO)CNC(=O)CNCC. The van der Waals surface area contributed by atoms with Crippen LogP contribution in [0, 0.1) is 5.92 Å². The average Bonchev–Trinajstić information content (AvgIpc) is 2.23. The molecule has 90 valence electrons. The molecule has 15 heavy (non-hydrogen) atoms. The lowest BCUT2D eigenvalue weighted by molar-refractivity contribution is -0.120. The molecule has 0 bridgehead atoms. The minimum atomic E-state index is 0.0379. The topological polar surface area (TPSA) is 61.4 Å². The van der Waals surface area contributed by atoms with Gasteiger partial charge in [0, 0.05) is 13.2 Å². The zero-order chi connectivity index (χ0) is 11.5. The Morgan fingerprint density at radius 3 is 2.60 bits per heavy atom. The normalized spacial score (nSPS) is 12.5. The summed E-state index contributed by atoms with van der Waals surface area (Å²) in [5.74, 6) is 0.446. The van der Waals surface area contributed by atoms with E-state index in [2.05, 4.69) is 17.6 Å². The van der Waals surface area contributed by atoms with Crippen molar-refractivity contribution in [1.82, 2.24) is 10.6 Å². The van der Waals surface area contributed by atoms with Crippen LogP contribution in [-0.2, 0) is 4.79 Å². The van der Waals surface area contributed by atoms with Crippen molar-refractivity contribution < 1.29 is 9.90 Å². The van der Waals surface area contributed by atoms with E-state index in [0.717, 1.165) is 25.8 Å². The summed E-state index contributed by atoms with van der Waals surface area (Å²) in [6.07, 6.45) is 2.92. The zero-order valence-corrected chi connectivity index (χ0v) is 9.88. The molecule has 0 aromatic heterocycles. The molecule has 0 aromatic rings. The number of carbonyl (C=O) groups excluding carboxylic acids is 1. The Bertz CT molecular complexity index is 157. The summed E-state index contributed by atoms with van der Waals surface area (Å²) in [5, 5.41) is 14.7. The Balaban J connectivity index is 3.62. The lowest BCUT2D eigenvalue weighted by atomic mass is 10.0. The van der Waals surface area contributed by atoms with E-state index in [1.807, 2.05) is 6.92 Å². The van der Waals surface area contributed by atoms with Crippen molar-refractivity contribution in [2.24, 2.45) is 5.92 Å². The molecular weight excluding hydrogens is 192 g/mol. The molecule has 0 saturated carbocycles. The predicted octanol–water partition coefficient (Wildman–Crippen LogP) is 0.511. The molecule has 0 aliphatic carbocycles. The number of rotatable bonds is 9. The van der Waals surface area contributed by atoms with E-state index in [4.69, 9.17) is 5.11 Å². The van der Waals surface area contributed by atoms with Crippen LogP contribution in [0.5, 0.6) is 0 Å². The fourth-order valence-electron chi connectivity index (χ4n) is 1.50. The summed E-state index contributed by atoms with van der Waals surface area (Å²) in [4.78, 5) is 11.3.